The number of hydrogen-bond donors (Lipinski definition) is 1. The second-order valence-electron chi connectivity index (χ2n) is 5.98. The first-order chi connectivity index (χ1) is 11.3. The molecular formula is C17H17BrN2O3S. The van der Waals surface area contributed by atoms with Crippen molar-refractivity contribution in [2.75, 3.05) is 5.32 Å². The number of nitrogens with one attached hydrogen (secondary N) is 1. The summed E-state index contributed by atoms with van der Waals surface area (Å²) in [7, 11) is -3.76. The summed E-state index contributed by atoms with van der Waals surface area (Å²) in [6.45, 7) is 1.89. The number of carbonyl (C=O) groups excluding carboxylic acids is 1. The predicted octanol–water partition coefficient (Wildman–Crippen LogP) is 3.49. The summed E-state index contributed by atoms with van der Waals surface area (Å²) in [6, 6.07) is 9.99. The number of halogens is 1. The minimum atomic E-state index is -3.76. The summed E-state index contributed by atoms with van der Waals surface area (Å²) in [5.41, 5.74) is 0.972. The molecule has 1 amide bonds. The van der Waals surface area contributed by atoms with E-state index in [0.717, 1.165) is 10.0 Å². The van der Waals surface area contributed by atoms with Gasteiger partial charge in [-0.1, -0.05) is 17.7 Å². The number of carbonyl (C=O) groups is 1. The highest BCUT2D eigenvalue weighted by molar-refractivity contribution is 9.10. The van der Waals surface area contributed by atoms with Crippen LogP contribution in [0.5, 0.6) is 0 Å². The third-order valence-electron chi connectivity index (χ3n) is 4.39. The second-order valence-corrected chi connectivity index (χ2v) is 9.16. The van der Waals surface area contributed by atoms with Crippen molar-refractivity contribution >= 4 is 37.5 Å². The number of benzene rings is 1. The zero-order valence-electron chi connectivity index (χ0n) is 13.1. The van der Waals surface area contributed by atoms with Crippen LogP contribution in [0.2, 0.25) is 0 Å². The molecule has 24 heavy (non-hydrogen) atoms. The van der Waals surface area contributed by atoms with Gasteiger partial charge >= 0.3 is 0 Å². The van der Waals surface area contributed by atoms with E-state index in [-0.39, 0.29) is 4.90 Å². The van der Waals surface area contributed by atoms with Gasteiger partial charge in [-0.25, -0.2) is 13.4 Å². The van der Waals surface area contributed by atoms with Crippen LogP contribution >= 0.6 is 15.9 Å². The molecule has 0 unspecified atom stereocenters. The Morgan fingerprint density at radius 3 is 2.33 bits per heavy atom. The van der Waals surface area contributed by atoms with Crippen LogP contribution in [0.4, 0.5) is 5.82 Å². The van der Waals surface area contributed by atoms with E-state index in [1.807, 2.05) is 6.92 Å². The zero-order valence-corrected chi connectivity index (χ0v) is 15.5. The summed E-state index contributed by atoms with van der Waals surface area (Å²) in [5, 5.41) is 2.65. The van der Waals surface area contributed by atoms with E-state index in [0.29, 0.717) is 25.1 Å². The Bertz CT molecular complexity index is 858. The second kappa shape index (κ2) is 6.29. The SMILES string of the molecule is Cc1ccc(S(=O)(=O)C2(C(=O)Nc3ccc(Br)cn3)CCC2)cc1. The highest BCUT2D eigenvalue weighted by atomic mass is 79.9. The molecule has 1 heterocycles. The van der Waals surface area contributed by atoms with Crippen LogP contribution in [-0.2, 0) is 14.6 Å². The van der Waals surface area contributed by atoms with Crippen LogP contribution in [-0.4, -0.2) is 24.1 Å². The standard InChI is InChI=1S/C17H17BrN2O3S/c1-12-3-6-14(7-4-12)24(22,23)17(9-2-10-17)16(21)20-15-8-5-13(18)11-19-15/h3-8,11H,2,9-10H2,1H3,(H,19,20,21). The minimum absolute atomic E-state index is 0.187. The predicted molar refractivity (Wildman–Crippen MR) is 95.5 cm³/mol. The van der Waals surface area contributed by atoms with Crippen LogP contribution < -0.4 is 5.32 Å². The summed E-state index contributed by atoms with van der Waals surface area (Å²) in [6.07, 6.45) is 2.92. The summed E-state index contributed by atoms with van der Waals surface area (Å²) < 4.78 is 25.5. The van der Waals surface area contributed by atoms with Gasteiger partial charge in [-0.05, 0) is 66.4 Å². The van der Waals surface area contributed by atoms with Gasteiger partial charge < -0.3 is 5.32 Å². The van der Waals surface area contributed by atoms with Crippen molar-refractivity contribution in [3.63, 3.8) is 0 Å². The number of hydrogen-bond acceptors (Lipinski definition) is 4. The van der Waals surface area contributed by atoms with E-state index in [1.165, 1.54) is 0 Å². The van der Waals surface area contributed by atoms with E-state index in [1.54, 1.807) is 42.6 Å². The molecule has 0 bridgehead atoms. The average Bonchev–Trinajstić information content (AvgIpc) is 2.48. The van der Waals surface area contributed by atoms with E-state index < -0.39 is 20.5 Å². The number of pyridine rings is 1. The lowest BCUT2D eigenvalue weighted by Gasteiger charge is -2.39. The number of anilines is 1. The summed E-state index contributed by atoms with van der Waals surface area (Å²) >= 11 is 3.27. The molecule has 3 rings (SSSR count). The van der Waals surface area contributed by atoms with E-state index in [9.17, 15) is 13.2 Å². The third-order valence-corrected chi connectivity index (χ3v) is 7.37. The number of amides is 1. The van der Waals surface area contributed by atoms with Gasteiger partial charge in [0.05, 0.1) is 4.90 Å². The molecule has 1 N–H and O–H groups in total. The molecule has 5 nitrogen and oxygen atoms in total. The van der Waals surface area contributed by atoms with Crippen LogP contribution in [0.15, 0.2) is 52.0 Å². The molecule has 126 valence electrons. The van der Waals surface area contributed by atoms with E-state index >= 15 is 0 Å². The molecule has 1 aromatic heterocycles. The zero-order chi connectivity index (χ0) is 17.4. The summed E-state index contributed by atoms with van der Waals surface area (Å²) in [4.78, 5) is 17.0. The first-order valence-corrected chi connectivity index (χ1v) is 9.87. The molecule has 1 aliphatic rings. The molecule has 0 saturated heterocycles. The lowest BCUT2D eigenvalue weighted by molar-refractivity contribution is -0.120. The molecule has 0 spiro atoms. The van der Waals surface area contributed by atoms with Gasteiger partial charge in [0.1, 0.15) is 5.82 Å². The number of aromatic nitrogens is 1. The van der Waals surface area contributed by atoms with Crippen molar-refractivity contribution in [1.29, 1.82) is 0 Å². The quantitative estimate of drug-likeness (QED) is 0.839. The van der Waals surface area contributed by atoms with Gasteiger partial charge in [-0.2, -0.15) is 0 Å². The first-order valence-electron chi connectivity index (χ1n) is 7.59. The van der Waals surface area contributed by atoms with Gasteiger partial charge in [-0.15, -0.1) is 0 Å². The Morgan fingerprint density at radius 2 is 1.83 bits per heavy atom. The molecule has 1 fully saturated rings. The van der Waals surface area contributed by atoms with Crippen molar-refractivity contribution in [1.82, 2.24) is 4.98 Å². The van der Waals surface area contributed by atoms with E-state index in [2.05, 4.69) is 26.2 Å². The van der Waals surface area contributed by atoms with Gasteiger partial charge in [0, 0.05) is 10.7 Å². The highest BCUT2D eigenvalue weighted by Gasteiger charge is 2.55. The number of sulfone groups is 1. The molecule has 0 atom stereocenters. The number of aryl methyl sites for hydroxylation is 1. The molecule has 1 saturated carbocycles. The number of rotatable bonds is 4. The fourth-order valence-corrected chi connectivity index (χ4v) is 5.04. The van der Waals surface area contributed by atoms with Crippen molar-refractivity contribution in [3.8, 4) is 0 Å². The maximum Gasteiger partial charge on any atom is 0.247 e. The van der Waals surface area contributed by atoms with Gasteiger partial charge in [0.25, 0.3) is 0 Å². The average molecular weight is 409 g/mol. The molecule has 7 heteroatoms. The Hall–Kier alpha value is -1.73. The van der Waals surface area contributed by atoms with Crippen LogP contribution in [0, 0.1) is 6.92 Å². The highest BCUT2D eigenvalue weighted by Crippen LogP contribution is 2.43. The van der Waals surface area contributed by atoms with Gasteiger partial charge in [-0.3, -0.25) is 4.79 Å². The molecular weight excluding hydrogens is 392 g/mol. The van der Waals surface area contributed by atoms with Crippen LogP contribution in [0.25, 0.3) is 0 Å². The third kappa shape index (κ3) is 2.86. The minimum Gasteiger partial charge on any atom is -0.309 e. The largest absolute Gasteiger partial charge is 0.309 e. The van der Waals surface area contributed by atoms with Gasteiger partial charge in [0.2, 0.25) is 5.91 Å². The molecule has 0 radical (unpaired) electrons. The molecule has 1 aromatic carbocycles. The Kier molecular flexibility index (Phi) is 4.48. The first kappa shape index (κ1) is 17.1. The van der Waals surface area contributed by atoms with E-state index in [4.69, 9.17) is 0 Å². The van der Waals surface area contributed by atoms with Crippen molar-refractivity contribution in [2.24, 2.45) is 0 Å². The number of nitrogens with zero attached hydrogens (tertiary/aromatic N) is 1. The monoisotopic (exact) mass is 408 g/mol. The fourth-order valence-electron chi connectivity index (χ4n) is 2.74. The molecule has 1 aliphatic carbocycles. The summed E-state index contributed by atoms with van der Waals surface area (Å²) in [5.74, 6) is -0.169. The molecule has 0 aliphatic heterocycles. The van der Waals surface area contributed by atoms with Crippen LogP contribution in [0.3, 0.4) is 0 Å². The van der Waals surface area contributed by atoms with Gasteiger partial charge in [0.15, 0.2) is 14.6 Å². The Morgan fingerprint density at radius 1 is 1.17 bits per heavy atom. The van der Waals surface area contributed by atoms with Crippen molar-refractivity contribution < 1.29 is 13.2 Å². The lowest BCUT2D eigenvalue weighted by Crippen LogP contribution is -2.54. The van der Waals surface area contributed by atoms with Crippen molar-refractivity contribution in [3.05, 3.63) is 52.6 Å². The Labute approximate surface area is 149 Å². The maximum absolute atomic E-state index is 13.0. The van der Waals surface area contributed by atoms with Crippen molar-refractivity contribution in [2.45, 2.75) is 35.8 Å². The fraction of sp³-hybridized carbons (Fsp3) is 0.294. The molecule has 2 aromatic rings. The lowest BCUT2D eigenvalue weighted by atomic mass is 9.83. The Balaban J connectivity index is 1.91. The maximum atomic E-state index is 13.0. The smallest absolute Gasteiger partial charge is 0.247 e. The van der Waals surface area contributed by atoms with Crippen LogP contribution in [0.1, 0.15) is 24.8 Å². The normalized spacial score (nSPS) is 16.2. The topological polar surface area (TPSA) is 76.1 Å².